The van der Waals surface area contributed by atoms with E-state index >= 15 is 0 Å². The molecule has 0 spiro atoms. The number of hydrogen-bond donors (Lipinski definition) is 0. The number of rotatable bonds is 7. The van der Waals surface area contributed by atoms with E-state index in [-0.39, 0.29) is 6.10 Å². The van der Waals surface area contributed by atoms with Crippen LogP contribution in [0.3, 0.4) is 0 Å². The molecule has 18 heavy (non-hydrogen) atoms. The molecule has 0 aliphatic heterocycles. The first-order valence-corrected chi connectivity index (χ1v) is 6.73. The second-order valence-electron chi connectivity index (χ2n) is 4.86. The summed E-state index contributed by atoms with van der Waals surface area (Å²) in [6, 6.07) is 8.35. The molecule has 0 heterocycles. The average Bonchev–Trinajstić information content (AvgIpc) is 2.29. The molecule has 1 aromatic rings. The predicted molar refractivity (Wildman–Crippen MR) is 78.6 cm³/mol. The van der Waals surface area contributed by atoms with Crippen LogP contribution < -0.4 is 9.64 Å². The van der Waals surface area contributed by atoms with Gasteiger partial charge in [0.2, 0.25) is 0 Å². The van der Waals surface area contributed by atoms with Gasteiger partial charge < -0.3 is 14.5 Å². The lowest BCUT2D eigenvalue weighted by atomic mass is 10.2. The summed E-state index contributed by atoms with van der Waals surface area (Å²) in [6.45, 7) is 9.41. The molecule has 3 nitrogen and oxygen atoms in total. The summed E-state index contributed by atoms with van der Waals surface area (Å²) >= 11 is 0. The largest absolute Gasteiger partial charge is 0.489 e. The molecule has 1 rings (SSSR count). The minimum atomic E-state index is 0.201. The van der Waals surface area contributed by atoms with Gasteiger partial charge in [-0.15, -0.1) is 0 Å². The average molecular weight is 250 g/mol. The SMILES string of the molecule is CCN(CC)c1cccc(OC(C)CN(C)C)c1. The van der Waals surface area contributed by atoms with E-state index in [1.54, 1.807) is 0 Å². The van der Waals surface area contributed by atoms with Crippen LogP contribution in [0.2, 0.25) is 0 Å². The molecule has 0 aliphatic rings. The number of likely N-dealkylation sites (N-methyl/N-ethyl adjacent to an activating group) is 1. The standard InChI is InChI=1S/C15H26N2O/c1-6-17(7-2)14-9-8-10-15(11-14)18-13(3)12-16(4)5/h8-11,13H,6-7,12H2,1-5H3. The fraction of sp³-hybridized carbons (Fsp3) is 0.600. The zero-order valence-corrected chi connectivity index (χ0v) is 12.3. The Bertz CT molecular complexity index is 348. The Morgan fingerprint density at radius 3 is 2.39 bits per heavy atom. The Morgan fingerprint density at radius 2 is 1.83 bits per heavy atom. The Balaban J connectivity index is 2.70. The van der Waals surface area contributed by atoms with E-state index < -0.39 is 0 Å². The minimum absolute atomic E-state index is 0.201. The van der Waals surface area contributed by atoms with Crippen molar-refractivity contribution in [3.8, 4) is 5.75 Å². The van der Waals surface area contributed by atoms with Crippen molar-refractivity contribution in [2.24, 2.45) is 0 Å². The lowest BCUT2D eigenvalue weighted by Crippen LogP contribution is -2.28. The fourth-order valence-electron chi connectivity index (χ4n) is 2.13. The van der Waals surface area contributed by atoms with Crippen molar-refractivity contribution in [1.29, 1.82) is 0 Å². The zero-order valence-electron chi connectivity index (χ0n) is 12.3. The van der Waals surface area contributed by atoms with Gasteiger partial charge in [0.25, 0.3) is 0 Å². The van der Waals surface area contributed by atoms with Gasteiger partial charge in [-0.3, -0.25) is 0 Å². The molecule has 0 amide bonds. The topological polar surface area (TPSA) is 15.7 Å². The van der Waals surface area contributed by atoms with Crippen LogP contribution in [0, 0.1) is 0 Å². The Hall–Kier alpha value is -1.22. The lowest BCUT2D eigenvalue weighted by Gasteiger charge is -2.23. The summed E-state index contributed by atoms with van der Waals surface area (Å²) in [5.74, 6) is 0.953. The van der Waals surface area contributed by atoms with Gasteiger partial charge >= 0.3 is 0 Å². The summed E-state index contributed by atoms with van der Waals surface area (Å²) in [5, 5.41) is 0. The predicted octanol–water partition coefficient (Wildman–Crippen LogP) is 2.86. The minimum Gasteiger partial charge on any atom is -0.489 e. The van der Waals surface area contributed by atoms with Crippen LogP contribution in [-0.4, -0.2) is 44.7 Å². The van der Waals surface area contributed by atoms with E-state index in [2.05, 4.69) is 62.9 Å². The third kappa shape index (κ3) is 4.57. The van der Waals surface area contributed by atoms with Crippen LogP contribution in [0.15, 0.2) is 24.3 Å². The van der Waals surface area contributed by atoms with Crippen LogP contribution in [0.1, 0.15) is 20.8 Å². The van der Waals surface area contributed by atoms with Crippen LogP contribution in [-0.2, 0) is 0 Å². The maximum Gasteiger partial charge on any atom is 0.121 e. The van der Waals surface area contributed by atoms with Crippen molar-refractivity contribution in [3.05, 3.63) is 24.3 Å². The van der Waals surface area contributed by atoms with Crippen LogP contribution >= 0.6 is 0 Å². The molecule has 0 fully saturated rings. The molecule has 0 N–H and O–H groups in total. The molecule has 0 bridgehead atoms. The second kappa shape index (κ2) is 7.27. The van der Waals surface area contributed by atoms with Gasteiger partial charge in [-0.05, 0) is 47.0 Å². The fourth-order valence-corrected chi connectivity index (χ4v) is 2.13. The number of nitrogens with zero attached hydrogens (tertiary/aromatic N) is 2. The van der Waals surface area contributed by atoms with E-state index in [1.165, 1.54) is 5.69 Å². The Morgan fingerprint density at radius 1 is 1.17 bits per heavy atom. The quantitative estimate of drug-likeness (QED) is 0.740. The summed E-state index contributed by atoms with van der Waals surface area (Å²) < 4.78 is 5.94. The van der Waals surface area contributed by atoms with Crippen molar-refractivity contribution in [2.45, 2.75) is 26.9 Å². The van der Waals surface area contributed by atoms with Crippen molar-refractivity contribution in [3.63, 3.8) is 0 Å². The first kappa shape index (κ1) is 14.8. The first-order valence-electron chi connectivity index (χ1n) is 6.73. The molecule has 0 aliphatic carbocycles. The van der Waals surface area contributed by atoms with E-state index in [0.29, 0.717) is 0 Å². The number of ether oxygens (including phenoxy) is 1. The highest BCUT2D eigenvalue weighted by Gasteiger charge is 2.07. The maximum atomic E-state index is 5.94. The Kier molecular flexibility index (Phi) is 5.99. The van der Waals surface area contributed by atoms with Crippen molar-refractivity contribution in [1.82, 2.24) is 4.90 Å². The highest BCUT2D eigenvalue weighted by Crippen LogP contribution is 2.21. The molecule has 0 radical (unpaired) electrons. The Labute approximate surface area is 111 Å². The van der Waals surface area contributed by atoms with E-state index in [4.69, 9.17) is 4.74 Å². The smallest absolute Gasteiger partial charge is 0.121 e. The van der Waals surface area contributed by atoms with Gasteiger partial charge in [-0.25, -0.2) is 0 Å². The number of benzene rings is 1. The van der Waals surface area contributed by atoms with Crippen LogP contribution in [0.4, 0.5) is 5.69 Å². The molecule has 0 aromatic heterocycles. The summed E-state index contributed by atoms with van der Waals surface area (Å²) in [5.41, 5.74) is 1.23. The first-order chi connectivity index (χ1) is 8.56. The molecule has 3 heteroatoms. The van der Waals surface area contributed by atoms with Crippen LogP contribution in [0.25, 0.3) is 0 Å². The van der Waals surface area contributed by atoms with Gasteiger partial charge in [-0.1, -0.05) is 6.07 Å². The van der Waals surface area contributed by atoms with Gasteiger partial charge in [0.15, 0.2) is 0 Å². The third-order valence-electron chi connectivity index (χ3n) is 2.91. The monoisotopic (exact) mass is 250 g/mol. The number of anilines is 1. The van der Waals surface area contributed by atoms with Gasteiger partial charge in [-0.2, -0.15) is 0 Å². The highest BCUT2D eigenvalue weighted by molar-refractivity contribution is 5.50. The van der Waals surface area contributed by atoms with Gasteiger partial charge in [0.05, 0.1) is 0 Å². The molecule has 1 aromatic carbocycles. The molecule has 102 valence electrons. The zero-order chi connectivity index (χ0) is 13.5. The van der Waals surface area contributed by atoms with Gasteiger partial charge in [0, 0.05) is 31.4 Å². The molecule has 1 atom stereocenters. The number of hydrogen-bond acceptors (Lipinski definition) is 3. The normalized spacial score (nSPS) is 12.6. The van der Waals surface area contributed by atoms with Gasteiger partial charge in [0.1, 0.15) is 11.9 Å². The van der Waals surface area contributed by atoms with Crippen molar-refractivity contribution < 1.29 is 4.74 Å². The van der Waals surface area contributed by atoms with Crippen molar-refractivity contribution >= 4 is 5.69 Å². The summed E-state index contributed by atoms with van der Waals surface area (Å²) in [6.07, 6.45) is 0.201. The molecule has 1 unspecified atom stereocenters. The van der Waals surface area contributed by atoms with Crippen LogP contribution in [0.5, 0.6) is 5.75 Å². The van der Waals surface area contributed by atoms with Crippen molar-refractivity contribution in [2.75, 3.05) is 38.6 Å². The second-order valence-corrected chi connectivity index (χ2v) is 4.86. The summed E-state index contributed by atoms with van der Waals surface area (Å²) in [4.78, 5) is 4.46. The summed E-state index contributed by atoms with van der Waals surface area (Å²) in [7, 11) is 4.12. The molecule has 0 saturated carbocycles. The third-order valence-corrected chi connectivity index (χ3v) is 2.91. The van der Waals surface area contributed by atoms with E-state index in [0.717, 1.165) is 25.4 Å². The van der Waals surface area contributed by atoms with E-state index in [9.17, 15) is 0 Å². The maximum absolute atomic E-state index is 5.94. The highest BCUT2D eigenvalue weighted by atomic mass is 16.5. The molecular formula is C15H26N2O. The lowest BCUT2D eigenvalue weighted by molar-refractivity contribution is 0.177. The molecule has 0 saturated heterocycles. The van der Waals surface area contributed by atoms with E-state index in [1.807, 2.05) is 6.07 Å². The molecular weight excluding hydrogens is 224 g/mol.